The minimum Gasteiger partial charge on any atom is -0.487 e. The quantitative estimate of drug-likeness (QED) is 0.416. The van der Waals surface area contributed by atoms with Gasteiger partial charge in [-0.25, -0.2) is 4.79 Å². The molecule has 0 saturated heterocycles. The van der Waals surface area contributed by atoms with Crippen LogP contribution in [0.4, 0.5) is 0 Å². The van der Waals surface area contributed by atoms with Crippen molar-refractivity contribution in [1.82, 2.24) is 0 Å². The summed E-state index contributed by atoms with van der Waals surface area (Å²) >= 11 is 0. The van der Waals surface area contributed by atoms with Crippen molar-refractivity contribution >= 4 is 15.2 Å². The van der Waals surface area contributed by atoms with E-state index in [0.29, 0.717) is 43.2 Å². The summed E-state index contributed by atoms with van der Waals surface area (Å²) in [6.45, 7) is 3.01. The summed E-state index contributed by atoms with van der Waals surface area (Å²) in [5.74, 6) is 0.712. The zero-order chi connectivity index (χ0) is 14.1. The number of methoxy groups -OCH3 is 1. The Kier molecular flexibility index (Phi) is 7.23. The van der Waals surface area contributed by atoms with Gasteiger partial charge in [-0.15, -0.1) is 0 Å². The Bertz CT molecular complexity index is 408. The monoisotopic (exact) mass is 286 g/mol. The molecule has 0 aliphatic carbocycles. The zero-order valence-electron chi connectivity index (χ0n) is 11.2. The molecule has 1 aromatic rings. The van der Waals surface area contributed by atoms with Gasteiger partial charge in [-0.05, 0) is 25.1 Å². The summed E-state index contributed by atoms with van der Waals surface area (Å²) in [6, 6.07) is 4.96. The Labute approximate surface area is 115 Å². The van der Waals surface area contributed by atoms with Gasteiger partial charge in [0.05, 0.1) is 18.8 Å². The molecule has 0 aliphatic rings. The molecule has 5 nitrogen and oxygen atoms in total. The Balaban J connectivity index is 2.84. The lowest BCUT2D eigenvalue weighted by molar-refractivity contribution is 0.0526. The minimum absolute atomic E-state index is 0.338. The van der Waals surface area contributed by atoms with E-state index in [1.165, 1.54) is 0 Å². The molecule has 0 aliphatic heterocycles. The van der Waals surface area contributed by atoms with Crippen molar-refractivity contribution in [2.75, 3.05) is 33.3 Å². The predicted octanol–water partition coefficient (Wildman–Crippen LogP) is 2.10. The van der Waals surface area contributed by atoms with Gasteiger partial charge in [0, 0.05) is 7.11 Å². The van der Waals surface area contributed by atoms with Crippen LogP contribution in [0.15, 0.2) is 18.2 Å². The zero-order valence-corrected chi connectivity index (χ0v) is 12.3. The average Bonchev–Trinajstić information content (AvgIpc) is 2.41. The number of rotatable bonds is 8. The second-order valence-electron chi connectivity index (χ2n) is 3.53. The van der Waals surface area contributed by atoms with E-state index < -0.39 is 0 Å². The molecule has 0 saturated carbocycles. The van der Waals surface area contributed by atoms with E-state index in [1.54, 1.807) is 32.2 Å². The van der Waals surface area contributed by atoms with Crippen molar-refractivity contribution in [3.8, 4) is 11.5 Å². The van der Waals surface area contributed by atoms with Gasteiger partial charge in [-0.2, -0.15) is 0 Å². The first-order valence-corrected chi connectivity index (χ1v) is 6.80. The van der Waals surface area contributed by atoms with Crippen LogP contribution in [0.1, 0.15) is 17.3 Å². The molecule has 19 heavy (non-hydrogen) atoms. The fourth-order valence-electron chi connectivity index (χ4n) is 1.41. The molecule has 0 aromatic heterocycles. The lowest BCUT2D eigenvalue weighted by Crippen LogP contribution is -2.08. The first-order chi connectivity index (χ1) is 9.22. The van der Waals surface area contributed by atoms with Crippen molar-refractivity contribution < 1.29 is 23.7 Å². The molecule has 0 amide bonds. The smallest absolute Gasteiger partial charge is 0.338 e. The molecule has 0 spiro atoms. The molecule has 1 rings (SSSR count). The topological polar surface area (TPSA) is 54.0 Å². The third-order valence-corrected chi connectivity index (χ3v) is 2.41. The lowest BCUT2D eigenvalue weighted by atomic mass is 10.2. The number of carbonyl (C=O) groups excluding carboxylic acids is 1. The third-order valence-electron chi connectivity index (χ3n) is 2.24. The van der Waals surface area contributed by atoms with Crippen LogP contribution in [-0.4, -0.2) is 39.2 Å². The molecular weight excluding hydrogens is 267 g/mol. The highest BCUT2D eigenvalue weighted by molar-refractivity contribution is 7.16. The maximum absolute atomic E-state index is 11.6. The van der Waals surface area contributed by atoms with Crippen LogP contribution in [0.3, 0.4) is 0 Å². The van der Waals surface area contributed by atoms with Gasteiger partial charge >= 0.3 is 5.97 Å². The Morgan fingerprint density at radius 3 is 2.63 bits per heavy atom. The molecule has 106 valence electrons. The molecule has 6 heteroatoms. The maximum Gasteiger partial charge on any atom is 0.338 e. The number of esters is 1. The number of benzene rings is 1. The first kappa shape index (κ1) is 15.7. The SMILES string of the molecule is CCOC(=O)c1ccc(OCCOC)c(OCP)c1. The van der Waals surface area contributed by atoms with Gasteiger partial charge in [0.2, 0.25) is 0 Å². The van der Waals surface area contributed by atoms with Crippen molar-refractivity contribution in [3.05, 3.63) is 23.8 Å². The predicted molar refractivity (Wildman–Crippen MR) is 75.0 cm³/mol. The van der Waals surface area contributed by atoms with Crippen molar-refractivity contribution in [1.29, 1.82) is 0 Å². The molecule has 0 fully saturated rings. The summed E-state index contributed by atoms with van der Waals surface area (Å²) < 4.78 is 20.8. The van der Waals surface area contributed by atoms with E-state index in [-0.39, 0.29) is 5.97 Å². The standard InChI is InChI=1S/C13H19O5P/c1-3-16-13(14)10-4-5-11(17-7-6-15-2)12(8-10)18-9-19/h4-5,8H,3,6-7,9,19H2,1-2H3. The van der Waals surface area contributed by atoms with Crippen LogP contribution in [0.25, 0.3) is 0 Å². The van der Waals surface area contributed by atoms with Crippen LogP contribution in [0.5, 0.6) is 11.5 Å². The second kappa shape index (κ2) is 8.73. The second-order valence-corrected chi connectivity index (χ2v) is 3.87. The molecular formula is C13H19O5P. The highest BCUT2D eigenvalue weighted by atomic mass is 31.0. The fourth-order valence-corrected chi connectivity index (χ4v) is 1.59. The Morgan fingerprint density at radius 1 is 1.21 bits per heavy atom. The molecule has 0 bridgehead atoms. The van der Waals surface area contributed by atoms with E-state index in [2.05, 4.69) is 9.24 Å². The summed E-state index contributed by atoms with van der Waals surface area (Å²) in [6.07, 6.45) is 0.410. The molecule has 0 heterocycles. The minimum atomic E-state index is -0.375. The van der Waals surface area contributed by atoms with E-state index in [0.717, 1.165) is 0 Å². The van der Waals surface area contributed by atoms with Crippen LogP contribution in [0, 0.1) is 0 Å². The molecule has 1 aromatic carbocycles. The van der Waals surface area contributed by atoms with Gasteiger partial charge in [0.1, 0.15) is 13.0 Å². The van der Waals surface area contributed by atoms with Crippen molar-refractivity contribution in [2.45, 2.75) is 6.92 Å². The number of hydrogen-bond donors (Lipinski definition) is 0. The highest BCUT2D eigenvalue weighted by Gasteiger charge is 2.12. The molecule has 1 unspecified atom stereocenters. The lowest BCUT2D eigenvalue weighted by Gasteiger charge is -2.12. The molecule has 1 atom stereocenters. The Morgan fingerprint density at radius 2 is 2.00 bits per heavy atom. The van der Waals surface area contributed by atoms with Crippen molar-refractivity contribution in [2.24, 2.45) is 0 Å². The highest BCUT2D eigenvalue weighted by Crippen LogP contribution is 2.29. The van der Waals surface area contributed by atoms with Crippen LogP contribution in [0.2, 0.25) is 0 Å². The van der Waals surface area contributed by atoms with E-state index in [1.807, 2.05) is 0 Å². The van der Waals surface area contributed by atoms with Gasteiger partial charge in [0.25, 0.3) is 0 Å². The largest absolute Gasteiger partial charge is 0.487 e. The van der Waals surface area contributed by atoms with E-state index in [9.17, 15) is 4.79 Å². The summed E-state index contributed by atoms with van der Waals surface area (Å²) in [4.78, 5) is 11.6. The number of carbonyl (C=O) groups is 1. The number of ether oxygens (including phenoxy) is 4. The van der Waals surface area contributed by atoms with Crippen LogP contribution < -0.4 is 9.47 Å². The summed E-state index contributed by atoms with van der Waals surface area (Å²) in [5.41, 5.74) is 0.439. The average molecular weight is 286 g/mol. The molecule has 0 N–H and O–H groups in total. The van der Waals surface area contributed by atoms with E-state index in [4.69, 9.17) is 18.9 Å². The number of hydrogen-bond acceptors (Lipinski definition) is 5. The third kappa shape index (κ3) is 5.05. The van der Waals surface area contributed by atoms with Gasteiger partial charge < -0.3 is 18.9 Å². The van der Waals surface area contributed by atoms with Gasteiger partial charge in [0.15, 0.2) is 11.5 Å². The maximum atomic E-state index is 11.6. The Hall–Kier alpha value is -1.32. The fraction of sp³-hybridized carbons (Fsp3) is 0.462. The van der Waals surface area contributed by atoms with E-state index >= 15 is 0 Å². The molecule has 0 radical (unpaired) electrons. The van der Waals surface area contributed by atoms with Crippen LogP contribution >= 0.6 is 9.24 Å². The van der Waals surface area contributed by atoms with Gasteiger partial charge in [-0.3, -0.25) is 0 Å². The normalized spacial score (nSPS) is 10.1. The van der Waals surface area contributed by atoms with Crippen LogP contribution in [-0.2, 0) is 9.47 Å². The van der Waals surface area contributed by atoms with Crippen molar-refractivity contribution in [3.63, 3.8) is 0 Å². The summed E-state index contributed by atoms with van der Waals surface area (Å²) in [7, 11) is 4.06. The summed E-state index contributed by atoms with van der Waals surface area (Å²) in [5, 5.41) is 0. The first-order valence-electron chi connectivity index (χ1n) is 5.98. The van der Waals surface area contributed by atoms with Gasteiger partial charge in [-0.1, -0.05) is 9.24 Å².